The van der Waals surface area contributed by atoms with Gasteiger partial charge in [0.2, 0.25) is 5.91 Å². The van der Waals surface area contributed by atoms with Crippen LogP contribution >= 0.6 is 11.6 Å². The molecule has 0 fully saturated rings. The molecule has 21 heavy (non-hydrogen) atoms. The van der Waals surface area contributed by atoms with Gasteiger partial charge in [-0.05, 0) is 42.8 Å². The zero-order valence-electron chi connectivity index (χ0n) is 11.3. The Morgan fingerprint density at radius 2 is 2.14 bits per heavy atom. The van der Waals surface area contributed by atoms with Crippen molar-refractivity contribution in [3.8, 4) is 0 Å². The molecule has 1 aromatic carbocycles. The lowest BCUT2D eigenvalue weighted by molar-refractivity contribution is -0.115. The smallest absolute Gasteiger partial charge is 0.239 e. The maximum Gasteiger partial charge on any atom is 0.239 e. The molecule has 0 spiro atoms. The third-order valence-corrected chi connectivity index (χ3v) is 2.98. The molecule has 0 aliphatic rings. The van der Waals surface area contributed by atoms with E-state index < -0.39 is 0 Å². The highest BCUT2D eigenvalue weighted by Gasteiger charge is 2.03. The van der Waals surface area contributed by atoms with Crippen molar-refractivity contribution in [1.82, 2.24) is 10.3 Å². The number of pyridine rings is 1. The third-order valence-electron chi connectivity index (χ3n) is 2.76. The van der Waals surface area contributed by atoms with Crippen molar-refractivity contribution in [2.45, 2.75) is 6.42 Å². The van der Waals surface area contributed by atoms with Crippen LogP contribution in [0, 0.1) is 5.82 Å². The SMILES string of the molecule is O=C(CNCCc1cccc(F)c1)Nc1ccc(Cl)cn1. The summed E-state index contributed by atoms with van der Waals surface area (Å²) in [7, 11) is 0. The van der Waals surface area contributed by atoms with Crippen LogP contribution in [0.1, 0.15) is 5.56 Å². The molecule has 2 rings (SSSR count). The molecule has 0 bridgehead atoms. The van der Waals surface area contributed by atoms with Gasteiger partial charge in [-0.3, -0.25) is 4.79 Å². The van der Waals surface area contributed by atoms with Gasteiger partial charge in [-0.2, -0.15) is 0 Å². The summed E-state index contributed by atoms with van der Waals surface area (Å²) in [6, 6.07) is 9.70. The van der Waals surface area contributed by atoms with Gasteiger partial charge in [-0.1, -0.05) is 23.7 Å². The van der Waals surface area contributed by atoms with E-state index in [2.05, 4.69) is 15.6 Å². The molecule has 2 N–H and O–H groups in total. The zero-order chi connectivity index (χ0) is 15.1. The van der Waals surface area contributed by atoms with E-state index in [1.165, 1.54) is 18.3 Å². The summed E-state index contributed by atoms with van der Waals surface area (Å²) in [6.07, 6.45) is 2.12. The molecule has 1 amide bonds. The average Bonchev–Trinajstić information content (AvgIpc) is 2.46. The van der Waals surface area contributed by atoms with E-state index in [1.807, 2.05) is 6.07 Å². The second-order valence-corrected chi connectivity index (χ2v) is 4.90. The van der Waals surface area contributed by atoms with Crippen LogP contribution in [-0.4, -0.2) is 24.0 Å². The first-order valence-corrected chi connectivity index (χ1v) is 6.88. The molecule has 0 aliphatic carbocycles. The van der Waals surface area contributed by atoms with Crippen LogP contribution in [-0.2, 0) is 11.2 Å². The topological polar surface area (TPSA) is 54.0 Å². The quantitative estimate of drug-likeness (QED) is 0.807. The average molecular weight is 308 g/mol. The lowest BCUT2D eigenvalue weighted by Gasteiger charge is -2.06. The summed E-state index contributed by atoms with van der Waals surface area (Å²) >= 11 is 5.71. The number of hydrogen-bond acceptors (Lipinski definition) is 3. The van der Waals surface area contributed by atoms with Crippen LogP contribution in [0.15, 0.2) is 42.6 Å². The minimum atomic E-state index is -0.251. The molecule has 4 nitrogen and oxygen atoms in total. The summed E-state index contributed by atoms with van der Waals surface area (Å²) in [5.74, 6) is 0.0134. The Bertz CT molecular complexity index is 604. The number of nitrogens with one attached hydrogen (secondary N) is 2. The van der Waals surface area contributed by atoms with E-state index in [1.54, 1.807) is 18.2 Å². The number of carbonyl (C=O) groups is 1. The Morgan fingerprint density at radius 3 is 2.86 bits per heavy atom. The Kier molecular flexibility index (Phi) is 5.66. The Labute approximate surface area is 127 Å². The van der Waals surface area contributed by atoms with E-state index in [4.69, 9.17) is 11.6 Å². The molecular weight excluding hydrogens is 293 g/mol. The van der Waals surface area contributed by atoms with Gasteiger partial charge in [0.25, 0.3) is 0 Å². The number of anilines is 1. The fourth-order valence-corrected chi connectivity index (χ4v) is 1.88. The van der Waals surface area contributed by atoms with Crippen LogP contribution in [0.25, 0.3) is 0 Å². The summed E-state index contributed by atoms with van der Waals surface area (Å²) in [4.78, 5) is 15.6. The summed E-state index contributed by atoms with van der Waals surface area (Å²) < 4.78 is 13.0. The van der Waals surface area contributed by atoms with Crippen molar-refractivity contribution in [1.29, 1.82) is 0 Å². The van der Waals surface area contributed by atoms with Gasteiger partial charge >= 0.3 is 0 Å². The highest BCUT2D eigenvalue weighted by molar-refractivity contribution is 6.30. The highest BCUT2D eigenvalue weighted by Crippen LogP contribution is 2.09. The molecule has 1 heterocycles. The minimum Gasteiger partial charge on any atom is -0.310 e. The van der Waals surface area contributed by atoms with Gasteiger partial charge < -0.3 is 10.6 Å². The van der Waals surface area contributed by atoms with Crippen molar-refractivity contribution in [2.24, 2.45) is 0 Å². The van der Waals surface area contributed by atoms with Gasteiger partial charge in [0, 0.05) is 6.20 Å². The lowest BCUT2D eigenvalue weighted by Crippen LogP contribution is -2.29. The number of aromatic nitrogens is 1. The maximum atomic E-state index is 13.0. The van der Waals surface area contributed by atoms with Crippen LogP contribution < -0.4 is 10.6 Å². The molecule has 2 aromatic rings. The minimum absolute atomic E-state index is 0.166. The molecule has 1 aromatic heterocycles. The molecule has 0 saturated heterocycles. The summed E-state index contributed by atoms with van der Waals surface area (Å²) in [5, 5.41) is 6.16. The van der Waals surface area contributed by atoms with Gasteiger partial charge in [0.1, 0.15) is 11.6 Å². The van der Waals surface area contributed by atoms with Gasteiger partial charge in [-0.15, -0.1) is 0 Å². The summed E-state index contributed by atoms with van der Waals surface area (Å²) in [6.45, 7) is 0.755. The van der Waals surface area contributed by atoms with Crippen molar-refractivity contribution < 1.29 is 9.18 Å². The first kappa shape index (κ1) is 15.4. The van der Waals surface area contributed by atoms with Crippen LogP contribution in [0.5, 0.6) is 0 Å². The molecular formula is C15H15ClFN3O. The highest BCUT2D eigenvalue weighted by atomic mass is 35.5. The van der Waals surface area contributed by atoms with Crippen LogP contribution in [0.3, 0.4) is 0 Å². The lowest BCUT2D eigenvalue weighted by atomic mass is 10.1. The predicted octanol–water partition coefficient (Wildman–Crippen LogP) is 2.64. The van der Waals surface area contributed by atoms with Crippen molar-refractivity contribution >= 4 is 23.3 Å². The Morgan fingerprint density at radius 1 is 1.29 bits per heavy atom. The fourth-order valence-electron chi connectivity index (χ4n) is 1.76. The zero-order valence-corrected chi connectivity index (χ0v) is 12.0. The van der Waals surface area contributed by atoms with Crippen LogP contribution in [0.4, 0.5) is 10.2 Å². The van der Waals surface area contributed by atoms with Crippen molar-refractivity contribution in [2.75, 3.05) is 18.4 Å². The second-order valence-electron chi connectivity index (χ2n) is 4.47. The first-order chi connectivity index (χ1) is 10.1. The monoisotopic (exact) mass is 307 g/mol. The van der Waals surface area contributed by atoms with Crippen LogP contribution in [0.2, 0.25) is 5.02 Å². The second kappa shape index (κ2) is 7.71. The molecule has 0 atom stereocenters. The van der Waals surface area contributed by atoms with E-state index in [0.717, 1.165) is 5.56 Å². The van der Waals surface area contributed by atoms with Crippen molar-refractivity contribution in [3.05, 3.63) is 59.0 Å². The van der Waals surface area contributed by atoms with E-state index in [-0.39, 0.29) is 18.3 Å². The summed E-state index contributed by atoms with van der Waals surface area (Å²) in [5.41, 5.74) is 0.891. The molecule has 0 radical (unpaired) electrons. The Balaban J connectivity index is 1.68. The number of hydrogen-bond donors (Lipinski definition) is 2. The van der Waals surface area contributed by atoms with Crippen molar-refractivity contribution in [3.63, 3.8) is 0 Å². The predicted molar refractivity (Wildman–Crippen MR) is 80.9 cm³/mol. The Hall–Kier alpha value is -1.98. The number of halogens is 2. The maximum absolute atomic E-state index is 13.0. The van der Waals surface area contributed by atoms with E-state index in [0.29, 0.717) is 23.8 Å². The molecule has 0 unspecified atom stereocenters. The molecule has 0 aliphatic heterocycles. The van der Waals surface area contributed by atoms with E-state index in [9.17, 15) is 9.18 Å². The molecule has 6 heteroatoms. The number of benzene rings is 1. The standard InChI is InChI=1S/C15H15ClFN3O/c16-12-4-5-14(19-9-12)20-15(21)10-18-7-6-11-2-1-3-13(17)8-11/h1-5,8-9,18H,6-7,10H2,(H,19,20,21). The van der Waals surface area contributed by atoms with Gasteiger partial charge in [0.15, 0.2) is 0 Å². The van der Waals surface area contributed by atoms with Gasteiger partial charge in [0.05, 0.1) is 11.6 Å². The number of carbonyl (C=O) groups excluding carboxylic acids is 1. The number of nitrogens with zero attached hydrogens (tertiary/aromatic N) is 1. The van der Waals surface area contributed by atoms with E-state index >= 15 is 0 Å². The fraction of sp³-hybridized carbons (Fsp3) is 0.200. The first-order valence-electron chi connectivity index (χ1n) is 6.50. The van der Waals surface area contributed by atoms with Gasteiger partial charge in [-0.25, -0.2) is 9.37 Å². The number of rotatable bonds is 6. The largest absolute Gasteiger partial charge is 0.310 e. The molecule has 0 saturated carbocycles. The third kappa shape index (κ3) is 5.49. The molecule has 110 valence electrons. The normalized spacial score (nSPS) is 10.4. The number of amides is 1.